The molecule has 1 fully saturated rings. The summed E-state index contributed by atoms with van der Waals surface area (Å²) >= 11 is 0. The molecule has 0 radical (unpaired) electrons. The first-order valence-corrected chi connectivity index (χ1v) is 12.7. The Hall–Kier alpha value is -3.86. The van der Waals surface area contributed by atoms with Crippen molar-refractivity contribution in [1.29, 1.82) is 0 Å². The highest BCUT2D eigenvalue weighted by Gasteiger charge is 2.30. The summed E-state index contributed by atoms with van der Waals surface area (Å²) in [7, 11) is 0. The van der Waals surface area contributed by atoms with Gasteiger partial charge in [-0.15, -0.1) is 0 Å². The van der Waals surface area contributed by atoms with Crippen molar-refractivity contribution in [2.24, 2.45) is 5.92 Å². The zero-order valence-electron chi connectivity index (χ0n) is 20.9. The summed E-state index contributed by atoms with van der Waals surface area (Å²) in [6, 6.07) is 23.3. The molecule has 36 heavy (non-hydrogen) atoms. The number of aryl methyl sites for hydroxylation is 1. The van der Waals surface area contributed by atoms with Gasteiger partial charge in [0.05, 0.1) is 12.2 Å². The molecule has 2 amide bonds. The van der Waals surface area contributed by atoms with E-state index in [1.54, 1.807) is 23.1 Å². The first kappa shape index (κ1) is 23.9. The van der Waals surface area contributed by atoms with E-state index >= 15 is 0 Å². The molecule has 0 spiro atoms. The second kappa shape index (κ2) is 10.4. The number of carbonyl (C=O) groups is 2. The minimum Gasteiger partial charge on any atom is -0.449 e. The number of para-hydroxylation sites is 2. The van der Waals surface area contributed by atoms with Crippen molar-refractivity contribution in [2.75, 3.05) is 4.90 Å². The van der Waals surface area contributed by atoms with Crippen molar-refractivity contribution in [2.45, 2.75) is 52.1 Å². The molecule has 0 bridgehead atoms. The molecule has 1 heterocycles. The number of hydrogen-bond acceptors (Lipinski definition) is 3. The molecule has 1 saturated carbocycles. The van der Waals surface area contributed by atoms with E-state index in [1.165, 1.54) is 5.56 Å². The highest BCUT2D eigenvalue weighted by atomic mass is 16.5. The van der Waals surface area contributed by atoms with Gasteiger partial charge < -0.3 is 10.1 Å². The van der Waals surface area contributed by atoms with Crippen molar-refractivity contribution in [3.05, 3.63) is 101 Å². The Bertz CT molecular complexity index is 1270. The number of nitrogens with zero attached hydrogens (tertiary/aromatic N) is 1. The van der Waals surface area contributed by atoms with Crippen LogP contribution in [-0.2, 0) is 11.3 Å². The average Bonchev–Trinajstić information content (AvgIpc) is 2.89. The highest BCUT2D eigenvalue weighted by molar-refractivity contribution is 6.09. The van der Waals surface area contributed by atoms with Gasteiger partial charge in [-0.1, -0.05) is 61.0 Å². The Morgan fingerprint density at radius 2 is 1.67 bits per heavy atom. The van der Waals surface area contributed by atoms with E-state index in [-0.39, 0.29) is 23.6 Å². The predicted octanol–water partition coefficient (Wildman–Crippen LogP) is 6.27. The zero-order valence-corrected chi connectivity index (χ0v) is 20.9. The van der Waals surface area contributed by atoms with Gasteiger partial charge in [-0.25, -0.2) is 0 Å². The lowest BCUT2D eigenvalue weighted by molar-refractivity contribution is -0.117. The topological polar surface area (TPSA) is 58.6 Å². The number of anilines is 1. The molecular formula is C31H32N2O3. The van der Waals surface area contributed by atoms with Gasteiger partial charge in [0.1, 0.15) is 0 Å². The summed E-state index contributed by atoms with van der Waals surface area (Å²) in [6.45, 7) is 4.77. The minimum absolute atomic E-state index is 0.0445. The van der Waals surface area contributed by atoms with E-state index in [0.717, 1.165) is 48.4 Å². The van der Waals surface area contributed by atoms with Crippen molar-refractivity contribution >= 4 is 23.6 Å². The second-order valence-electron chi connectivity index (χ2n) is 10.0. The standard InChI is InChI=1S/C31H32N2O3/c1-21-7-11-24(12-8-21)20-33-27-5-3-4-6-28(27)36-29(31(33)35)19-23-13-15-25(16-14-23)30(34)32-26-17-9-22(2)10-18-26/h3-8,11-16,19,22,26H,9-10,17-18,20H2,1-2H3,(H,32,34)/b29-19+. The van der Waals surface area contributed by atoms with Crippen molar-refractivity contribution < 1.29 is 14.3 Å². The number of hydrogen-bond donors (Lipinski definition) is 1. The van der Waals surface area contributed by atoms with Gasteiger partial charge in [0, 0.05) is 11.6 Å². The fourth-order valence-electron chi connectivity index (χ4n) is 4.85. The third kappa shape index (κ3) is 5.35. The van der Waals surface area contributed by atoms with Gasteiger partial charge in [-0.3, -0.25) is 14.5 Å². The largest absolute Gasteiger partial charge is 0.449 e. The Morgan fingerprint density at radius 3 is 2.39 bits per heavy atom. The maximum Gasteiger partial charge on any atom is 0.294 e. The molecule has 184 valence electrons. The minimum atomic E-state index is -0.192. The van der Waals surface area contributed by atoms with Crippen molar-refractivity contribution in [1.82, 2.24) is 5.32 Å². The smallest absolute Gasteiger partial charge is 0.294 e. The molecule has 3 aromatic rings. The van der Waals surface area contributed by atoms with Crippen LogP contribution in [0.4, 0.5) is 5.69 Å². The van der Waals surface area contributed by atoms with Crippen molar-refractivity contribution in [3.63, 3.8) is 0 Å². The number of carbonyl (C=O) groups excluding carboxylic acids is 2. The van der Waals surface area contributed by atoms with E-state index in [1.807, 2.05) is 55.5 Å². The number of benzene rings is 3. The fraction of sp³-hybridized carbons (Fsp3) is 0.290. The van der Waals surface area contributed by atoms with E-state index in [0.29, 0.717) is 17.9 Å². The number of rotatable bonds is 5. The maximum absolute atomic E-state index is 13.5. The number of ether oxygens (including phenoxy) is 1. The Morgan fingerprint density at radius 1 is 0.972 bits per heavy atom. The molecule has 1 N–H and O–H groups in total. The van der Waals surface area contributed by atoms with Crippen LogP contribution in [0.3, 0.4) is 0 Å². The SMILES string of the molecule is Cc1ccc(CN2C(=O)/C(=C\c3ccc(C(=O)NC4CCC(C)CC4)cc3)Oc3ccccc32)cc1. The second-order valence-corrected chi connectivity index (χ2v) is 10.0. The lowest BCUT2D eigenvalue weighted by atomic mass is 9.87. The van der Waals surface area contributed by atoms with Gasteiger partial charge in [-0.05, 0) is 80.0 Å². The third-order valence-electron chi connectivity index (χ3n) is 7.11. The molecule has 1 aliphatic heterocycles. The lowest BCUT2D eigenvalue weighted by Gasteiger charge is -2.30. The summed E-state index contributed by atoms with van der Waals surface area (Å²) < 4.78 is 6.01. The molecule has 5 rings (SSSR count). The Kier molecular flexibility index (Phi) is 6.90. The Labute approximate surface area is 212 Å². The van der Waals surface area contributed by atoms with E-state index in [4.69, 9.17) is 4.74 Å². The molecular weight excluding hydrogens is 448 g/mol. The van der Waals surface area contributed by atoms with Gasteiger partial charge in [0.15, 0.2) is 11.5 Å². The van der Waals surface area contributed by atoms with Crippen LogP contribution in [-0.4, -0.2) is 17.9 Å². The molecule has 5 nitrogen and oxygen atoms in total. The zero-order chi connectivity index (χ0) is 25.1. The lowest BCUT2D eigenvalue weighted by Crippen LogP contribution is -2.37. The normalized spacial score (nSPS) is 20.6. The van der Waals surface area contributed by atoms with E-state index in [9.17, 15) is 9.59 Å². The quantitative estimate of drug-likeness (QED) is 0.438. The highest BCUT2D eigenvalue weighted by Crippen LogP contribution is 2.36. The molecule has 0 aromatic heterocycles. The van der Waals surface area contributed by atoms with Gasteiger partial charge in [-0.2, -0.15) is 0 Å². The summed E-state index contributed by atoms with van der Waals surface area (Å²) in [5.74, 6) is 1.41. The van der Waals surface area contributed by atoms with E-state index < -0.39 is 0 Å². The van der Waals surface area contributed by atoms with Crippen LogP contribution in [0, 0.1) is 12.8 Å². The molecule has 0 saturated heterocycles. The number of fused-ring (bicyclic) bond motifs is 1. The summed E-state index contributed by atoms with van der Waals surface area (Å²) in [6.07, 6.45) is 6.14. The first-order valence-electron chi connectivity index (χ1n) is 12.7. The summed E-state index contributed by atoms with van der Waals surface area (Å²) in [5.41, 5.74) is 4.41. The monoisotopic (exact) mass is 480 g/mol. The van der Waals surface area contributed by atoms with Crippen molar-refractivity contribution in [3.8, 4) is 5.75 Å². The molecule has 5 heteroatoms. The van der Waals surface area contributed by atoms with Crippen LogP contribution in [0.25, 0.3) is 6.08 Å². The molecule has 1 aliphatic carbocycles. The molecule has 2 aliphatic rings. The molecule has 0 atom stereocenters. The first-order chi connectivity index (χ1) is 17.5. The van der Waals surface area contributed by atoms with Crippen LogP contribution in [0.2, 0.25) is 0 Å². The molecule has 3 aromatic carbocycles. The summed E-state index contributed by atoms with van der Waals surface area (Å²) in [5, 5.41) is 3.17. The fourth-order valence-corrected chi connectivity index (χ4v) is 4.85. The third-order valence-corrected chi connectivity index (χ3v) is 7.11. The van der Waals surface area contributed by atoms with Gasteiger partial charge in [0.25, 0.3) is 11.8 Å². The van der Waals surface area contributed by atoms with E-state index in [2.05, 4.69) is 24.4 Å². The van der Waals surface area contributed by atoms with Crippen LogP contribution in [0.5, 0.6) is 5.75 Å². The number of amides is 2. The molecule has 0 unspecified atom stereocenters. The maximum atomic E-state index is 13.5. The van der Waals surface area contributed by atoms with Crippen LogP contribution < -0.4 is 15.0 Å². The van der Waals surface area contributed by atoms with Crippen LogP contribution >= 0.6 is 0 Å². The number of nitrogens with one attached hydrogen (secondary N) is 1. The van der Waals surface area contributed by atoms with Gasteiger partial charge in [0.2, 0.25) is 0 Å². The predicted molar refractivity (Wildman–Crippen MR) is 143 cm³/mol. The average molecular weight is 481 g/mol. The van der Waals surface area contributed by atoms with Crippen LogP contribution in [0.1, 0.15) is 59.7 Å². The van der Waals surface area contributed by atoms with Gasteiger partial charge >= 0.3 is 0 Å². The Balaban J connectivity index is 1.33. The summed E-state index contributed by atoms with van der Waals surface area (Å²) in [4.78, 5) is 27.9. The van der Waals surface area contributed by atoms with Crippen LogP contribution in [0.15, 0.2) is 78.6 Å².